The Kier molecular flexibility index (Phi) is 5.28. The average molecular weight is 458 g/mol. The average Bonchev–Trinajstić information content (AvgIpc) is 3.19. The molecule has 5 rings (SSSR count). The number of benzene rings is 3. The molecule has 0 amide bonds. The van der Waals surface area contributed by atoms with Gasteiger partial charge in [-0.1, -0.05) is 30.0 Å². The largest absolute Gasteiger partial charge is 0.291 e. The minimum atomic E-state index is -3.26. The molecule has 0 bridgehead atoms. The molecule has 0 aliphatic rings. The fourth-order valence-electron chi connectivity index (χ4n) is 3.51. The second-order valence-corrected chi connectivity index (χ2v) is 10.5. The first kappa shape index (κ1) is 20.5. The van der Waals surface area contributed by atoms with Crippen LogP contribution in [0.3, 0.4) is 0 Å². The van der Waals surface area contributed by atoms with Crippen molar-refractivity contribution in [2.24, 2.45) is 0 Å². The first-order valence-corrected chi connectivity index (χ1v) is 12.7. The Labute approximate surface area is 190 Å². The predicted molar refractivity (Wildman–Crippen MR) is 128 cm³/mol. The number of imidazole rings is 1. The van der Waals surface area contributed by atoms with Gasteiger partial charge in [-0.3, -0.25) is 4.57 Å². The Balaban J connectivity index is 1.58. The molecule has 0 saturated heterocycles. The summed E-state index contributed by atoms with van der Waals surface area (Å²) in [5.41, 5.74) is 3.30. The summed E-state index contributed by atoms with van der Waals surface area (Å²) in [4.78, 5) is 11.8. The fourth-order valence-corrected chi connectivity index (χ4v) is 4.98. The van der Waals surface area contributed by atoms with Crippen molar-refractivity contribution in [1.82, 2.24) is 14.5 Å². The van der Waals surface area contributed by atoms with Crippen molar-refractivity contribution >= 4 is 32.8 Å². The number of pyridine rings is 1. The van der Waals surface area contributed by atoms with Crippen molar-refractivity contribution in [3.8, 4) is 17.1 Å². The van der Waals surface area contributed by atoms with Crippen LogP contribution in [0.15, 0.2) is 112 Å². The number of aromatic nitrogens is 3. The zero-order valence-electron chi connectivity index (χ0n) is 17.2. The van der Waals surface area contributed by atoms with Gasteiger partial charge in [0.1, 0.15) is 5.82 Å². The van der Waals surface area contributed by atoms with Crippen molar-refractivity contribution in [1.29, 1.82) is 0 Å². The van der Waals surface area contributed by atoms with Crippen LogP contribution in [0, 0.1) is 0 Å². The van der Waals surface area contributed by atoms with Crippen LogP contribution in [0.1, 0.15) is 0 Å². The van der Waals surface area contributed by atoms with Gasteiger partial charge in [0, 0.05) is 33.5 Å². The molecule has 0 spiro atoms. The van der Waals surface area contributed by atoms with Crippen molar-refractivity contribution in [3.05, 3.63) is 97.2 Å². The van der Waals surface area contributed by atoms with Crippen molar-refractivity contribution in [2.75, 3.05) is 6.26 Å². The summed E-state index contributed by atoms with van der Waals surface area (Å²) in [6, 6.07) is 29.2. The van der Waals surface area contributed by atoms with E-state index in [-0.39, 0.29) is 4.90 Å². The molecule has 0 aliphatic heterocycles. The molecule has 5 aromatic rings. The Hall–Kier alpha value is -3.42. The second-order valence-electron chi connectivity index (χ2n) is 7.32. The van der Waals surface area contributed by atoms with Crippen LogP contribution >= 0.6 is 11.8 Å². The molecular weight excluding hydrogens is 438 g/mol. The minimum Gasteiger partial charge on any atom is -0.291 e. The van der Waals surface area contributed by atoms with Crippen LogP contribution in [0.25, 0.3) is 28.2 Å². The van der Waals surface area contributed by atoms with E-state index in [0.29, 0.717) is 11.5 Å². The molecule has 0 fully saturated rings. The van der Waals surface area contributed by atoms with E-state index in [1.165, 1.54) is 11.2 Å². The highest BCUT2D eigenvalue weighted by Gasteiger charge is 2.16. The van der Waals surface area contributed by atoms with E-state index in [1.807, 2.05) is 30.3 Å². The smallest absolute Gasteiger partial charge is 0.178 e. The zero-order chi connectivity index (χ0) is 22.1. The van der Waals surface area contributed by atoms with Gasteiger partial charge in [0.05, 0.1) is 10.4 Å². The molecule has 7 heteroatoms. The highest BCUT2D eigenvalue weighted by atomic mass is 32.2. The maximum atomic E-state index is 11.8. The highest BCUT2D eigenvalue weighted by Crippen LogP contribution is 2.31. The number of nitrogens with zero attached hydrogens (tertiary/aromatic N) is 3. The van der Waals surface area contributed by atoms with E-state index < -0.39 is 9.84 Å². The summed E-state index contributed by atoms with van der Waals surface area (Å²) in [5.74, 6) is 0.710. The van der Waals surface area contributed by atoms with E-state index in [9.17, 15) is 8.42 Å². The van der Waals surface area contributed by atoms with Crippen molar-refractivity contribution < 1.29 is 8.42 Å². The molecule has 158 valence electrons. The lowest BCUT2D eigenvalue weighted by Crippen LogP contribution is -1.99. The lowest BCUT2D eigenvalue weighted by atomic mass is 10.2. The van der Waals surface area contributed by atoms with Crippen LogP contribution in [0.5, 0.6) is 0 Å². The van der Waals surface area contributed by atoms with E-state index in [1.54, 1.807) is 42.2 Å². The molecule has 2 heterocycles. The number of sulfone groups is 1. The summed E-state index contributed by atoms with van der Waals surface area (Å²) in [6.07, 6.45) is 2.92. The predicted octanol–water partition coefficient (Wildman–Crippen LogP) is 5.64. The summed E-state index contributed by atoms with van der Waals surface area (Å²) in [5, 5.41) is 0. The third-order valence-electron chi connectivity index (χ3n) is 5.05. The van der Waals surface area contributed by atoms with Gasteiger partial charge < -0.3 is 0 Å². The van der Waals surface area contributed by atoms with Gasteiger partial charge in [0.25, 0.3) is 0 Å². The van der Waals surface area contributed by atoms with Gasteiger partial charge in [-0.15, -0.1) is 0 Å². The monoisotopic (exact) mass is 457 g/mol. The van der Waals surface area contributed by atoms with Crippen LogP contribution in [-0.4, -0.2) is 29.2 Å². The molecule has 0 radical (unpaired) electrons. The number of rotatable bonds is 5. The third-order valence-corrected chi connectivity index (χ3v) is 7.19. The zero-order valence-corrected chi connectivity index (χ0v) is 18.8. The molecular formula is C25H19N3O2S2. The summed E-state index contributed by atoms with van der Waals surface area (Å²) < 4.78 is 25.7. The molecule has 32 heavy (non-hydrogen) atoms. The quantitative estimate of drug-likeness (QED) is 0.342. The standard InChI is InChI=1S/C25H19N3O2S2/c1-32(29,30)22-15-9-18(10-16-22)25-27-24-23(8-5-17-26-24)28(25)19-11-13-21(14-12-19)31-20-6-3-2-4-7-20/h2-17H,1H3. The van der Waals surface area contributed by atoms with Gasteiger partial charge in [-0.05, 0) is 72.8 Å². The van der Waals surface area contributed by atoms with Gasteiger partial charge in [-0.2, -0.15) is 0 Å². The lowest BCUT2D eigenvalue weighted by Gasteiger charge is -2.11. The molecule has 0 atom stereocenters. The summed E-state index contributed by atoms with van der Waals surface area (Å²) in [6.45, 7) is 0. The van der Waals surface area contributed by atoms with Crippen LogP contribution < -0.4 is 0 Å². The van der Waals surface area contributed by atoms with Crippen LogP contribution in [0.4, 0.5) is 0 Å². The first-order valence-electron chi connectivity index (χ1n) is 9.96. The maximum absolute atomic E-state index is 11.8. The van der Waals surface area contributed by atoms with Gasteiger partial charge in [0.2, 0.25) is 0 Å². The Morgan fingerprint density at radius 1 is 0.781 bits per heavy atom. The van der Waals surface area contributed by atoms with Gasteiger partial charge in [-0.25, -0.2) is 18.4 Å². The van der Waals surface area contributed by atoms with Gasteiger partial charge in [0.15, 0.2) is 15.5 Å². The summed E-state index contributed by atoms with van der Waals surface area (Å²) in [7, 11) is -3.26. The normalized spacial score (nSPS) is 11.7. The minimum absolute atomic E-state index is 0.282. The van der Waals surface area contributed by atoms with Gasteiger partial charge >= 0.3 is 0 Å². The van der Waals surface area contributed by atoms with E-state index in [2.05, 4.69) is 45.9 Å². The Morgan fingerprint density at radius 3 is 2.16 bits per heavy atom. The molecule has 0 aliphatic carbocycles. The molecule has 0 N–H and O–H groups in total. The second kappa shape index (κ2) is 8.26. The highest BCUT2D eigenvalue weighted by molar-refractivity contribution is 7.99. The number of hydrogen-bond acceptors (Lipinski definition) is 5. The first-order chi connectivity index (χ1) is 15.5. The van der Waals surface area contributed by atoms with E-state index in [4.69, 9.17) is 4.98 Å². The van der Waals surface area contributed by atoms with Crippen molar-refractivity contribution in [2.45, 2.75) is 14.7 Å². The fraction of sp³-hybridized carbons (Fsp3) is 0.0400. The Bertz CT molecular complexity index is 1490. The maximum Gasteiger partial charge on any atom is 0.178 e. The number of hydrogen-bond donors (Lipinski definition) is 0. The van der Waals surface area contributed by atoms with Crippen molar-refractivity contribution in [3.63, 3.8) is 0 Å². The van der Waals surface area contributed by atoms with Crippen LogP contribution in [-0.2, 0) is 9.84 Å². The molecule has 2 aromatic heterocycles. The molecule has 0 unspecified atom stereocenters. The topological polar surface area (TPSA) is 64.8 Å². The van der Waals surface area contributed by atoms with E-state index >= 15 is 0 Å². The molecule has 0 saturated carbocycles. The number of fused-ring (bicyclic) bond motifs is 1. The van der Waals surface area contributed by atoms with Crippen LogP contribution in [0.2, 0.25) is 0 Å². The molecule has 5 nitrogen and oxygen atoms in total. The third kappa shape index (κ3) is 4.04. The molecule has 3 aromatic carbocycles. The lowest BCUT2D eigenvalue weighted by molar-refractivity contribution is 0.602. The summed E-state index contributed by atoms with van der Waals surface area (Å²) >= 11 is 1.71. The SMILES string of the molecule is CS(=O)(=O)c1ccc(-c2nc3ncccc3n2-c2ccc(Sc3ccccc3)cc2)cc1. The Morgan fingerprint density at radius 2 is 1.47 bits per heavy atom. The van der Waals surface area contributed by atoms with E-state index in [0.717, 1.165) is 21.7 Å².